The van der Waals surface area contributed by atoms with Crippen LogP contribution < -0.4 is 0 Å². The fourth-order valence-corrected chi connectivity index (χ4v) is 2.48. The summed E-state index contributed by atoms with van der Waals surface area (Å²) in [6.45, 7) is 3.97. The first-order valence-electron chi connectivity index (χ1n) is 4.24. The Morgan fingerprint density at radius 1 is 1.57 bits per heavy atom. The predicted molar refractivity (Wildman–Crippen MR) is 55.8 cm³/mol. The number of halogens is 1. The molecule has 4 nitrogen and oxygen atoms in total. The van der Waals surface area contributed by atoms with Crippen LogP contribution in [-0.4, -0.2) is 18.2 Å². The fraction of sp³-hybridized carbons (Fsp3) is 0.625. The number of aromatic nitrogens is 2. The molecule has 0 spiro atoms. The van der Waals surface area contributed by atoms with Crippen LogP contribution in [0.3, 0.4) is 0 Å². The zero-order valence-electron chi connectivity index (χ0n) is 8.36. The zero-order chi connectivity index (χ0) is 10.9. The van der Waals surface area contributed by atoms with E-state index in [0.29, 0.717) is 5.56 Å². The van der Waals surface area contributed by atoms with E-state index in [-0.39, 0.29) is 11.7 Å². The predicted octanol–water partition coefficient (Wildman–Crippen LogP) is 1.61. The minimum Gasteiger partial charge on any atom is -0.272 e. The van der Waals surface area contributed by atoms with Gasteiger partial charge in [-0.1, -0.05) is 13.8 Å². The van der Waals surface area contributed by atoms with Gasteiger partial charge < -0.3 is 0 Å². The van der Waals surface area contributed by atoms with Crippen LogP contribution in [0.2, 0.25) is 0 Å². The van der Waals surface area contributed by atoms with Gasteiger partial charge in [0.05, 0.1) is 11.9 Å². The molecule has 0 atom stereocenters. The molecule has 1 heterocycles. The van der Waals surface area contributed by atoms with Crippen LogP contribution >= 0.6 is 10.7 Å². The Bertz CT molecular complexity index is 423. The van der Waals surface area contributed by atoms with Crippen molar-refractivity contribution in [2.45, 2.75) is 25.5 Å². The maximum absolute atomic E-state index is 10.9. The highest BCUT2D eigenvalue weighted by Gasteiger charge is 2.16. The number of aryl methyl sites for hydroxylation is 1. The molecule has 0 bridgehead atoms. The smallest absolute Gasteiger partial charge is 0.236 e. The van der Waals surface area contributed by atoms with Gasteiger partial charge in [0.1, 0.15) is 0 Å². The number of hydrogen-bond acceptors (Lipinski definition) is 3. The molecule has 1 aromatic heterocycles. The number of nitrogens with zero attached hydrogens (tertiary/aromatic N) is 2. The second-order valence-corrected chi connectivity index (χ2v) is 6.29. The summed E-state index contributed by atoms with van der Waals surface area (Å²) < 4.78 is 23.5. The molecule has 0 saturated heterocycles. The number of rotatable bonds is 3. The van der Waals surface area contributed by atoms with Crippen molar-refractivity contribution in [2.24, 2.45) is 7.05 Å². The summed E-state index contributed by atoms with van der Waals surface area (Å²) >= 11 is 0. The maximum atomic E-state index is 10.9. The molecule has 0 fully saturated rings. The van der Waals surface area contributed by atoms with Crippen LogP contribution in [0.15, 0.2) is 6.20 Å². The molecule has 80 valence electrons. The minimum absolute atomic E-state index is 0.157. The molecule has 0 aromatic carbocycles. The number of hydrogen-bond donors (Lipinski definition) is 0. The van der Waals surface area contributed by atoms with Gasteiger partial charge in [-0.05, 0) is 5.92 Å². The highest BCUT2D eigenvalue weighted by molar-refractivity contribution is 8.13. The molecule has 14 heavy (non-hydrogen) atoms. The van der Waals surface area contributed by atoms with Crippen LogP contribution in [0.25, 0.3) is 0 Å². The average molecular weight is 237 g/mol. The van der Waals surface area contributed by atoms with E-state index >= 15 is 0 Å². The first-order valence-corrected chi connectivity index (χ1v) is 6.72. The van der Waals surface area contributed by atoms with Gasteiger partial charge in [-0.25, -0.2) is 8.42 Å². The molecular weight excluding hydrogens is 224 g/mol. The lowest BCUT2D eigenvalue weighted by Crippen LogP contribution is -2.04. The second-order valence-electron chi connectivity index (χ2n) is 3.52. The fourth-order valence-electron chi connectivity index (χ4n) is 1.53. The Morgan fingerprint density at radius 2 is 2.14 bits per heavy atom. The first kappa shape index (κ1) is 11.5. The Kier molecular flexibility index (Phi) is 3.21. The van der Waals surface area contributed by atoms with E-state index in [2.05, 4.69) is 5.10 Å². The molecule has 1 rings (SSSR count). The van der Waals surface area contributed by atoms with Crippen molar-refractivity contribution < 1.29 is 8.42 Å². The van der Waals surface area contributed by atoms with Crippen molar-refractivity contribution in [2.75, 3.05) is 0 Å². The van der Waals surface area contributed by atoms with Crippen LogP contribution in [-0.2, 0) is 21.9 Å². The summed E-state index contributed by atoms with van der Waals surface area (Å²) in [5.74, 6) is 0.0755. The lowest BCUT2D eigenvalue weighted by molar-refractivity contribution is 0.608. The summed E-state index contributed by atoms with van der Waals surface area (Å²) in [6.07, 6.45) is 1.55. The third-order valence-electron chi connectivity index (χ3n) is 1.94. The highest BCUT2D eigenvalue weighted by Crippen LogP contribution is 2.21. The van der Waals surface area contributed by atoms with Gasteiger partial charge >= 0.3 is 0 Å². The van der Waals surface area contributed by atoms with E-state index in [1.165, 1.54) is 0 Å². The normalized spacial score (nSPS) is 12.4. The Labute approximate surface area is 88.3 Å². The highest BCUT2D eigenvalue weighted by atomic mass is 35.7. The van der Waals surface area contributed by atoms with Crippen molar-refractivity contribution in [1.29, 1.82) is 0 Å². The molecule has 0 saturated carbocycles. The summed E-state index contributed by atoms with van der Waals surface area (Å²) in [4.78, 5) is 0. The maximum Gasteiger partial charge on any atom is 0.236 e. The van der Waals surface area contributed by atoms with E-state index in [4.69, 9.17) is 10.7 Å². The van der Waals surface area contributed by atoms with E-state index in [1.54, 1.807) is 17.9 Å². The zero-order valence-corrected chi connectivity index (χ0v) is 9.93. The molecule has 1 aromatic rings. The quantitative estimate of drug-likeness (QED) is 0.750. The largest absolute Gasteiger partial charge is 0.272 e. The lowest BCUT2D eigenvalue weighted by Gasteiger charge is -2.08. The van der Waals surface area contributed by atoms with Gasteiger partial charge in [-0.3, -0.25) is 4.68 Å². The standard InChI is InChI=1S/C8H13ClN2O2S/c1-6(2)8-7(4-10-11(8)3)5-14(9,12)13/h4,6H,5H2,1-3H3. The van der Waals surface area contributed by atoms with Gasteiger partial charge in [0, 0.05) is 29.0 Å². The van der Waals surface area contributed by atoms with Crippen LogP contribution in [0.4, 0.5) is 0 Å². The van der Waals surface area contributed by atoms with Crippen molar-refractivity contribution in [1.82, 2.24) is 9.78 Å². The minimum atomic E-state index is -3.50. The summed E-state index contributed by atoms with van der Waals surface area (Å²) in [5, 5.41) is 4.02. The Hall–Kier alpha value is -0.550. The van der Waals surface area contributed by atoms with Crippen molar-refractivity contribution in [3.05, 3.63) is 17.5 Å². The van der Waals surface area contributed by atoms with E-state index in [0.717, 1.165) is 5.69 Å². The Balaban J connectivity index is 3.10. The third-order valence-corrected chi connectivity index (χ3v) is 2.92. The van der Waals surface area contributed by atoms with Crippen molar-refractivity contribution in [3.63, 3.8) is 0 Å². The molecule has 0 unspecified atom stereocenters. The molecule has 0 aliphatic carbocycles. The Morgan fingerprint density at radius 3 is 2.57 bits per heavy atom. The monoisotopic (exact) mass is 236 g/mol. The molecule has 6 heteroatoms. The van der Waals surface area contributed by atoms with Crippen LogP contribution in [0.1, 0.15) is 31.0 Å². The summed E-state index contributed by atoms with van der Waals surface area (Å²) in [5.41, 5.74) is 1.59. The molecule has 0 radical (unpaired) electrons. The SMILES string of the molecule is CC(C)c1c(CS(=O)(=O)Cl)cnn1C. The summed E-state index contributed by atoms with van der Waals surface area (Å²) in [7, 11) is 3.48. The molecule has 0 aliphatic heterocycles. The van der Waals surface area contributed by atoms with E-state index in [9.17, 15) is 8.42 Å². The van der Waals surface area contributed by atoms with Crippen molar-refractivity contribution >= 4 is 19.7 Å². The van der Waals surface area contributed by atoms with Gasteiger partial charge in [0.15, 0.2) is 0 Å². The molecule has 0 aliphatic rings. The van der Waals surface area contributed by atoms with E-state index < -0.39 is 9.05 Å². The first-order chi connectivity index (χ1) is 6.31. The van der Waals surface area contributed by atoms with Crippen LogP contribution in [0, 0.1) is 0 Å². The molecular formula is C8H13ClN2O2S. The molecule has 0 N–H and O–H groups in total. The van der Waals surface area contributed by atoms with Gasteiger partial charge in [-0.15, -0.1) is 0 Å². The van der Waals surface area contributed by atoms with Crippen molar-refractivity contribution in [3.8, 4) is 0 Å². The lowest BCUT2D eigenvalue weighted by atomic mass is 10.1. The average Bonchev–Trinajstić information content (AvgIpc) is 2.27. The van der Waals surface area contributed by atoms with Gasteiger partial charge in [0.2, 0.25) is 9.05 Å². The summed E-state index contributed by atoms with van der Waals surface area (Å²) in [6, 6.07) is 0. The molecule has 0 amide bonds. The van der Waals surface area contributed by atoms with E-state index in [1.807, 2.05) is 13.8 Å². The van der Waals surface area contributed by atoms with Crippen LogP contribution in [0.5, 0.6) is 0 Å². The van der Waals surface area contributed by atoms with Gasteiger partial charge in [-0.2, -0.15) is 5.10 Å². The van der Waals surface area contributed by atoms with Gasteiger partial charge in [0.25, 0.3) is 0 Å². The third kappa shape index (κ3) is 2.72. The second kappa shape index (κ2) is 3.90. The topological polar surface area (TPSA) is 52.0 Å².